The minimum Gasteiger partial charge on any atom is -0.309 e. The number of aromatic nitrogens is 1. The highest BCUT2D eigenvalue weighted by Crippen LogP contribution is 2.25. The van der Waals surface area contributed by atoms with Crippen LogP contribution >= 0.6 is 0 Å². The summed E-state index contributed by atoms with van der Waals surface area (Å²) in [5, 5.41) is 15.2. The molecule has 2 heterocycles. The van der Waals surface area contributed by atoms with Gasteiger partial charge in [0, 0.05) is 26.7 Å². The van der Waals surface area contributed by atoms with Crippen molar-refractivity contribution in [3.63, 3.8) is 0 Å². The van der Waals surface area contributed by atoms with Crippen molar-refractivity contribution in [2.45, 2.75) is 18.9 Å². The molecule has 1 saturated heterocycles. The summed E-state index contributed by atoms with van der Waals surface area (Å²) in [5.41, 5.74) is 2.93. The lowest BCUT2D eigenvalue weighted by atomic mass is 9.98. The summed E-state index contributed by atoms with van der Waals surface area (Å²) >= 11 is 0. The van der Waals surface area contributed by atoms with Gasteiger partial charge in [-0.1, -0.05) is 49.4 Å². The first-order chi connectivity index (χ1) is 17.3. The van der Waals surface area contributed by atoms with Crippen LogP contribution in [0.5, 0.6) is 0 Å². The maximum absolute atomic E-state index is 13.3. The fourth-order valence-corrected chi connectivity index (χ4v) is 5.34. The Kier molecular flexibility index (Phi) is 7.64. The predicted octanol–water partition coefficient (Wildman–Crippen LogP) is 3.02. The smallest absolute Gasteiger partial charge is 0.303 e. The number of nitrogens with one attached hydrogen (secondary N) is 2. The summed E-state index contributed by atoms with van der Waals surface area (Å²) in [6.07, 6.45) is 1.45. The van der Waals surface area contributed by atoms with E-state index < -0.39 is 16.3 Å². The lowest BCUT2D eigenvalue weighted by Gasteiger charge is -2.22. The Labute approximate surface area is 211 Å². The molecule has 10 heteroatoms. The third kappa shape index (κ3) is 5.54. The largest absolute Gasteiger partial charge is 0.309 e. The number of amides is 1. The van der Waals surface area contributed by atoms with E-state index in [9.17, 15) is 13.2 Å². The number of carbonyl (C=O) groups is 1. The molecule has 0 saturated carbocycles. The van der Waals surface area contributed by atoms with Gasteiger partial charge in [-0.3, -0.25) is 9.10 Å². The molecule has 0 bridgehead atoms. The molecule has 0 spiro atoms. The fourth-order valence-electron chi connectivity index (χ4n) is 4.00. The van der Waals surface area contributed by atoms with Crippen molar-refractivity contribution in [3.05, 3.63) is 89.6 Å². The predicted molar refractivity (Wildman–Crippen MR) is 139 cm³/mol. The van der Waals surface area contributed by atoms with Crippen LogP contribution in [-0.2, 0) is 15.0 Å². The van der Waals surface area contributed by atoms with Crippen molar-refractivity contribution >= 4 is 27.6 Å². The second-order valence-electron chi connectivity index (χ2n) is 8.68. The molecule has 186 valence electrons. The van der Waals surface area contributed by atoms with Crippen molar-refractivity contribution in [2.24, 2.45) is 0 Å². The fraction of sp³-hybridized carbons (Fsp3) is 0.269. The van der Waals surface area contributed by atoms with E-state index in [1.165, 1.54) is 21.9 Å². The quantitative estimate of drug-likeness (QED) is 0.487. The maximum atomic E-state index is 13.3. The molecule has 2 atom stereocenters. The first kappa shape index (κ1) is 25.3. The van der Waals surface area contributed by atoms with Crippen LogP contribution in [0.15, 0.2) is 72.9 Å². The van der Waals surface area contributed by atoms with Crippen LogP contribution in [-0.4, -0.2) is 50.3 Å². The zero-order valence-corrected chi connectivity index (χ0v) is 20.9. The SMILES string of the molecule is C[C@@H](CN[C@H](C(=O)Nc1ccc(N2CCN(C)S2(=O)=O)cn1)c1ccccc1)c1ccc(C#N)cc1. The Morgan fingerprint density at radius 2 is 1.78 bits per heavy atom. The van der Waals surface area contributed by atoms with Gasteiger partial charge in [-0.2, -0.15) is 18.0 Å². The van der Waals surface area contributed by atoms with E-state index in [0.717, 1.165) is 11.1 Å². The van der Waals surface area contributed by atoms with Crippen molar-refractivity contribution in [1.82, 2.24) is 14.6 Å². The molecule has 0 radical (unpaired) electrons. The number of hydrogen-bond acceptors (Lipinski definition) is 6. The van der Waals surface area contributed by atoms with E-state index in [1.54, 1.807) is 24.3 Å². The van der Waals surface area contributed by atoms with Gasteiger partial charge in [0.1, 0.15) is 11.9 Å². The molecule has 2 N–H and O–H groups in total. The molecule has 36 heavy (non-hydrogen) atoms. The van der Waals surface area contributed by atoms with Crippen molar-refractivity contribution < 1.29 is 13.2 Å². The van der Waals surface area contributed by atoms with Gasteiger partial charge in [-0.05, 0) is 41.3 Å². The summed E-state index contributed by atoms with van der Waals surface area (Å²) in [6, 6.07) is 21.6. The van der Waals surface area contributed by atoms with Gasteiger partial charge in [0.2, 0.25) is 5.91 Å². The number of nitrogens with zero attached hydrogens (tertiary/aromatic N) is 4. The van der Waals surface area contributed by atoms with Crippen LogP contribution in [0.4, 0.5) is 11.5 Å². The molecule has 1 amide bonds. The molecular weight excluding hydrogens is 476 g/mol. The second kappa shape index (κ2) is 10.9. The number of hydrogen-bond donors (Lipinski definition) is 2. The zero-order valence-electron chi connectivity index (χ0n) is 20.1. The van der Waals surface area contributed by atoms with E-state index in [4.69, 9.17) is 5.26 Å². The van der Waals surface area contributed by atoms with Crippen molar-refractivity contribution in [3.8, 4) is 6.07 Å². The average Bonchev–Trinajstić information content (AvgIpc) is 3.17. The topological polar surface area (TPSA) is 118 Å². The lowest BCUT2D eigenvalue weighted by molar-refractivity contribution is -0.118. The van der Waals surface area contributed by atoms with Crippen LogP contribution in [0.3, 0.4) is 0 Å². The first-order valence-corrected chi connectivity index (χ1v) is 13.0. The Hall–Kier alpha value is -3.78. The van der Waals surface area contributed by atoms with Gasteiger partial charge in [-0.15, -0.1) is 0 Å². The highest BCUT2D eigenvalue weighted by molar-refractivity contribution is 7.90. The summed E-state index contributed by atoms with van der Waals surface area (Å²) < 4.78 is 27.4. The van der Waals surface area contributed by atoms with E-state index in [2.05, 4.69) is 28.6 Å². The zero-order chi connectivity index (χ0) is 25.7. The van der Waals surface area contributed by atoms with Gasteiger partial charge < -0.3 is 10.6 Å². The van der Waals surface area contributed by atoms with Gasteiger partial charge in [0.15, 0.2) is 0 Å². The van der Waals surface area contributed by atoms with Crippen LogP contribution in [0.25, 0.3) is 0 Å². The molecule has 1 aliphatic rings. The average molecular weight is 505 g/mol. The van der Waals surface area contributed by atoms with Crippen LogP contribution in [0, 0.1) is 11.3 Å². The van der Waals surface area contributed by atoms with Crippen LogP contribution in [0.2, 0.25) is 0 Å². The molecule has 1 aliphatic heterocycles. The first-order valence-electron chi connectivity index (χ1n) is 11.6. The number of carbonyl (C=O) groups excluding carboxylic acids is 1. The Bertz CT molecular complexity index is 1340. The molecular formula is C26H28N6O3S. The molecule has 3 aromatic rings. The third-order valence-electron chi connectivity index (χ3n) is 6.21. The van der Waals surface area contributed by atoms with Gasteiger partial charge >= 0.3 is 10.2 Å². The number of rotatable bonds is 8. The maximum Gasteiger partial charge on any atom is 0.303 e. The summed E-state index contributed by atoms with van der Waals surface area (Å²) in [5.74, 6) is 0.160. The third-order valence-corrected chi connectivity index (χ3v) is 8.13. The Morgan fingerprint density at radius 1 is 1.06 bits per heavy atom. The molecule has 0 unspecified atom stereocenters. The van der Waals surface area contributed by atoms with Crippen LogP contribution in [0.1, 0.15) is 35.6 Å². The van der Waals surface area contributed by atoms with Gasteiger partial charge in [0.05, 0.1) is 23.5 Å². The lowest BCUT2D eigenvalue weighted by Crippen LogP contribution is -2.35. The molecule has 1 aromatic heterocycles. The van der Waals surface area contributed by atoms with E-state index >= 15 is 0 Å². The number of likely N-dealkylation sites (N-methyl/N-ethyl adjacent to an activating group) is 1. The Balaban J connectivity index is 1.46. The minimum atomic E-state index is -3.53. The van der Waals surface area contributed by atoms with Crippen LogP contribution < -0.4 is 14.9 Å². The summed E-state index contributed by atoms with van der Waals surface area (Å²) in [6.45, 7) is 3.35. The number of nitriles is 1. The number of anilines is 2. The molecule has 2 aromatic carbocycles. The molecule has 4 rings (SSSR count). The summed E-state index contributed by atoms with van der Waals surface area (Å²) in [7, 11) is -2.00. The van der Waals surface area contributed by atoms with Gasteiger partial charge in [-0.25, -0.2) is 4.98 Å². The van der Waals surface area contributed by atoms with E-state index in [1.807, 2.05) is 42.5 Å². The van der Waals surface area contributed by atoms with Gasteiger partial charge in [0.25, 0.3) is 0 Å². The minimum absolute atomic E-state index is 0.106. The summed E-state index contributed by atoms with van der Waals surface area (Å²) in [4.78, 5) is 17.5. The molecule has 1 fully saturated rings. The Morgan fingerprint density at radius 3 is 2.36 bits per heavy atom. The standard InChI is InChI=1S/C26H28N6O3S/c1-19(21-10-8-20(16-27)9-11-21)17-29-25(22-6-4-3-5-7-22)26(33)30-24-13-12-23(18-28-24)32-15-14-31(2)36(32,34)35/h3-13,18-19,25,29H,14-15,17H2,1-2H3,(H,28,30,33)/t19-,25-/m0/s1. The van der Waals surface area contributed by atoms with Crippen molar-refractivity contribution in [1.29, 1.82) is 5.26 Å². The monoisotopic (exact) mass is 504 g/mol. The van der Waals surface area contributed by atoms with E-state index in [0.29, 0.717) is 36.7 Å². The number of pyridine rings is 1. The second-order valence-corrected chi connectivity index (χ2v) is 10.6. The normalized spacial score (nSPS) is 16.8. The highest BCUT2D eigenvalue weighted by Gasteiger charge is 2.34. The van der Waals surface area contributed by atoms with Crippen molar-refractivity contribution in [2.75, 3.05) is 36.3 Å². The number of benzene rings is 2. The molecule has 0 aliphatic carbocycles. The highest BCUT2D eigenvalue weighted by atomic mass is 32.2. The molecule has 9 nitrogen and oxygen atoms in total. The van der Waals surface area contributed by atoms with E-state index in [-0.39, 0.29) is 11.8 Å².